The Balaban J connectivity index is 1.33. The summed E-state index contributed by atoms with van der Waals surface area (Å²) in [5, 5.41) is 2.24. The van der Waals surface area contributed by atoms with Gasteiger partial charge >= 0.3 is 0 Å². The van der Waals surface area contributed by atoms with Crippen LogP contribution in [0.5, 0.6) is 0 Å². The zero-order valence-corrected chi connectivity index (χ0v) is 20.3. The van der Waals surface area contributed by atoms with Gasteiger partial charge in [-0.2, -0.15) is 0 Å². The molecule has 0 aromatic heterocycles. The normalized spacial score (nSPS) is 23.5. The molecule has 3 atom stereocenters. The van der Waals surface area contributed by atoms with E-state index in [4.69, 9.17) is 5.73 Å². The summed E-state index contributed by atoms with van der Waals surface area (Å²) in [5.74, 6) is -1.59. The molecule has 36 heavy (non-hydrogen) atoms. The highest BCUT2D eigenvalue weighted by atomic mass is 16.2. The monoisotopic (exact) mass is 488 g/mol. The van der Waals surface area contributed by atoms with Crippen LogP contribution in [0, 0.1) is 5.92 Å². The number of piperidine rings is 2. The van der Waals surface area contributed by atoms with Gasteiger partial charge in [-0.05, 0) is 68.0 Å². The molecule has 3 aliphatic rings. The Hall–Kier alpha value is -3.36. The predicted molar refractivity (Wildman–Crippen MR) is 134 cm³/mol. The summed E-state index contributed by atoms with van der Waals surface area (Å²) in [5.41, 5.74) is 9.14. The molecule has 3 unspecified atom stereocenters. The molecule has 3 N–H and O–H groups in total. The summed E-state index contributed by atoms with van der Waals surface area (Å²) in [4.78, 5) is 53.5. The summed E-state index contributed by atoms with van der Waals surface area (Å²) in [6, 6.07) is 15.2. The second-order valence-electron chi connectivity index (χ2n) is 10.0. The molecule has 188 valence electrons. The molecule has 2 fully saturated rings. The highest BCUT2D eigenvalue weighted by molar-refractivity contribution is 6.23. The van der Waals surface area contributed by atoms with E-state index >= 15 is 0 Å². The van der Waals surface area contributed by atoms with E-state index in [0.717, 1.165) is 36.3 Å². The molecule has 3 aliphatic heterocycles. The molecule has 0 radical (unpaired) electrons. The van der Waals surface area contributed by atoms with Gasteiger partial charge in [0, 0.05) is 19.0 Å². The van der Waals surface area contributed by atoms with Gasteiger partial charge in [0.1, 0.15) is 6.04 Å². The second kappa shape index (κ2) is 10.3. The van der Waals surface area contributed by atoms with Crippen LogP contribution in [0.4, 0.5) is 0 Å². The van der Waals surface area contributed by atoms with E-state index in [1.807, 2.05) is 12.1 Å². The summed E-state index contributed by atoms with van der Waals surface area (Å²) in [6.07, 6.45) is 4.56. The van der Waals surface area contributed by atoms with Crippen molar-refractivity contribution in [1.82, 2.24) is 15.1 Å². The fourth-order valence-electron chi connectivity index (χ4n) is 5.89. The second-order valence-corrected chi connectivity index (χ2v) is 10.0. The van der Waals surface area contributed by atoms with Crippen molar-refractivity contribution in [1.29, 1.82) is 0 Å². The number of hydrogen-bond donors (Lipinski definition) is 2. The van der Waals surface area contributed by atoms with Gasteiger partial charge in [0.05, 0.1) is 11.1 Å². The van der Waals surface area contributed by atoms with Crippen LogP contribution in [0.15, 0.2) is 48.5 Å². The minimum atomic E-state index is -0.951. The lowest BCUT2D eigenvalue weighted by Crippen LogP contribution is -2.54. The smallest absolute Gasteiger partial charge is 0.262 e. The summed E-state index contributed by atoms with van der Waals surface area (Å²) >= 11 is 0. The van der Waals surface area contributed by atoms with Crippen LogP contribution in [0.1, 0.15) is 63.9 Å². The number of hydrogen-bond acceptors (Lipinski definition) is 6. The van der Waals surface area contributed by atoms with E-state index in [-0.39, 0.29) is 18.7 Å². The van der Waals surface area contributed by atoms with E-state index in [1.54, 1.807) is 12.1 Å². The lowest BCUT2D eigenvalue weighted by atomic mass is 9.85. The van der Waals surface area contributed by atoms with Crippen LogP contribution in [-0.4, -0.2) is 58.6 Å². The fourth-order valence-corrected chi connectivity index (χ4v) is 5.89. The molecule has 4 amide bonds. The molecule has 2 saturated heterocycles. The van der Waals surface area contributed by atoms with E-state index < -0.39 is 23.8 Å². The van der Waals surface area contributed by atoms with Gasteiger partial charge in [-0.15, -0.1) is 0 Å². The van der Waals surface area contributed by atoms with Crippen molar-refractivity contribution in [2.75, 3.05) is 13.1 Å². The topological polar surface area (TPSA) is 113 Å². The third-order valence-electron chi connectivity index (χ3n) is 7.74. The van der Waals surface area contributed by atoms with Gasteiger partial charge in [0.25, 0.3) is 11.8 Å². The third-order valence-corrected chi connectivity index (χ3v) is 7.74. The molecule has 0 saturated carbocycles. The first-order chi connectivity index (χ1) is 17.5. The van der Waals surface area contributed by atoms with Crippen molar-refractivity contribution < 1.29 is 19.2 Å². The van der Waals surface area contributed by atoms with Gasteiger partial charge in [0.2, 0.25) is 11.8 Å². The summed E-state index contributed by atoms with van der Waals surface area (Å²) in [7, 11) is 0. The van der Waals surface area contributed by atoms with Crippen LogP contribution >= 0.6 is 0 Å². The number of benzene rings is 2. The number of amides is 4. The predicted octanol–water partition coefficient (Wildman–Crippen LogP) is 2.26. The fraction of sp³-hybridized carbons (Fsp3) is 0.429. The third kappa shape index (κ3) is 4.70. The Bertz CT molecular complexity index is 1180. The maximum absolute atomic E-state index is 13.2. The van der Waals surface area contributed by atoms with Crippen LogP contribution < -0.4 is 11.1 Å². The van der Waals surface area contributed by atoms with E-state index in [1.165, 1.54) is 12.0 Å². The molecule has 8 heteroatoms. The molecule has 2 aromatic carbocycles. The quantitative estimate of drug-likeness (QED) is 0.578. The van der Waals surface area contributed by atoms with Crippen molar-refractivity contribution in [2.24, 2.45) is 11.7 Å². The summed E-state index contributed by atoms with van der Waals surface area (Å²) < 4.78 is 0. The first kappa shape index (κ1) is 24.3. The Morgan fingerprint density at radius 2 is 1.69 bits per heavy atom. The molecule has 0 spiro atoms. The number of fused-ring (bicyclic) bond motifs is 1. The minimum Gasteiger partial charge on any atom is -0.330 e. The number of carbonyl (C=O) groups is 4. The van der Waals surface area contributed by atoms with Gasteiger partial charge in [0.15, 0.2) is 0 Å². The van der Waals surface area contributed by atoms with Crippen molar-refractivity contribution in [3.8, 4) is 0 Å². The van der Waals surface area contributed by atoms with E-state index in [9.17, 15) is 19.2 Å². The van der Waals surface area contributed by atoms with Gasteiger partial charge in [-0.3, -0.25) is 34.3 Å². The van der Waals surface area contributed by atoms with Gasteiger partial charge in [-0.1, -0.05) is 42.8 Å². The highest BCUT2D eigenvalue weighted by Crippen LogP contribution is 2.31. The minimum absolute atomic E-state index is 0.108. The van der Waals surface area contributed by atoms with Gasteiger partial charge < -0.3 is 5.73 Å². The first-order valence-corrected chi connectivity index (χ1v) is 12.8. The molecule has 0 bridgehead atoms. The molecular formula is C28H32N4O4. The Morgan fingerprint density at radius 3 is 2.44 bits per heavy atom. The van der Waals surface area contributed by atoms with Crippen LogP contribution in [0.3, 0.4) is 0 Å². The zero-order chi connectivity index (χ0) is 25.2. The molecule has 3 heterocycles. The highest BCUT2D eigenvalue weighted by Gasteiger charge is 2.44. The number of nitrogens with zero attached hydrogens (tertiary/aromatic N) is 2. The average molecular weight is 489 g/mol. The molecule has 2 aromatic rings. The standard InChI is InChI=1S/C28H32N4O4/c29-16-20(14-18-6-2-1-3-7-18)23-8-4-5-13-31(23)17-19-9-10-21-22(15-19)28(36)32(27(21)35)24-11-12-25(33)30-26(24)34/h1-3,6-7,9-10,15,20,23-24H,4-5,8,11-14,16-17,29H2,(H,30,33,34). The number of nitrogens with two attached hydrogens (primary N) is 1. The largest absolute Gasteiger partial charge is 0.330 e. The van der Waals surface area contributed by atoms with Crippen molar-refractivity contribution >= 4 is 23.6 Å². The number of likely N-dealkylation sites (tertiary alicyclic amines) is 1. The lowest BCUT2D eigenvalue weighted by Gasteiger charge is -2.40. The number of rotatable bonds is 7. The van der Waals surface area contributed by atoms with Crippen molar-refractivity contribution in [2.45, 2.75) is 57.2 Å². The Morgan fingerprint density at radius 1 is 0.917 bits per heavy atom. The molecule has 5 rings (SSSR count). The van der Waals surface area contributed by atoms with Crippen molar-refractivity contribution in [3.05, 3.63) is 70.8 Å². The Labute approximate surface area is 210 Å². The number of nitrogens with one attached hydrogen (secondary N) is 1. The number of imide groups is 2. The molecule has 0 aliphatic carbocycles. The van der Waals surface area contributed by atoms with Gasteiger partial charge in [-0.25, -0.2) is 0 Å². The Kier molecular flexibility index (Phi) is 6.98. The molecular weight excluding hydrogens is 456 g/mol. The maximum Gasteiger partial charge on any atom is 0.262 e. The number of carbonyl (C=O) groups excluding carboxylic acids is 4. The van der Waals surface area contributed by atoms with Crippen LogP contribution in [0.25, 0.3) is 0 Å². The summed E-state index contributed by atoms with van der Waals surface area (Å²) in [6.45, 7) is 2.24. The maximum atomic E-state index is 13.2. The van der Waals surface area contributed by atoms with E-state index in [2.05, 4.69) is 34.5 Å². The molecule has 8 nitrogen and oxygen atoms in total. The SMILES string of the molecule is NCC(Cc1ccccc1)C1CCCCN1Cc1ccc2c(c1)C(=O)N(C1CCC(=O)NC1=O)C2=O. The zero-order valence-electron chi connectivity index (χ0n) is 20.3. The van der Waals surface area contributed by atoms with Crippen molar-refractivity contribution in [3.63, 3.8) is 0 Å². The van der Waals surface area contributed by atoms with Crippen LogP contribution in [0.2, 0.25) is 0 Å². The van der Waals surface area contributed by atoms with E-state index in [0.29, 0.717) is 36.2 Å². The first-order valence-electron chi connectivity index (χ1n) is 12.8. The lowest BCUT2D eigenvalue weighted by molar-refractivity contribution is -0.136. The average Bonchev–Trinajstić information content (AvgIpc) is 3.13. The van der Waals surface area contributed by atoms with Crippen LogP contribution in [-0.2, 0) is 22.6 Å².